The molecule has 2 rings (SSSR count). The van der Waals surface area contributed by atoms with E-state index in [-0.39, 0.29) is 30.3 Å². The standard InChI is InChI=1S/C16H25N5O2.ClH/c1-10(2)8-16(4,9-17)20-14(22)7-12-11(3)19-13-5-6-18-21(13)15(12)23;/h5-6,10,18H,7-9,17H2,1-4H3,(H,20,22);1H. The lowest BCUT2D eigenvalue weighted by Crippen LogP contribution is -2.52. The van der Waals surface area contributed by atoms with Gasteiger partial charge in [0.15, 0.2) is 5.65 Å². The van der Waals surface area contributed by atoms with Crippen LogP contribution in [0.25, 0.3) is 5.65 Å². The average Bonchev–Trinajstić information content (AvgIpc) is 2.90. The van der Waals surface area contributed by atoms with Crippen LogP contribution in [0.15, 0.2) is 17.1 Å². The van der Waals surface area contributed by atoms with Crippen molar-refractivity contribution in [2.45, 2.75) is 46.1 Å². The number of H-pyrrole nitrogens is 1. The quantitative estimate of drug-likeness (QED) is 0.723. The lowest BCUT2D eigenvalue weighted by molar-refractivity contribution is -0.122. The second kappa shape index (κ2) is 7.81. The average molecular weight is 356 g/mol. The van der Waals surface area contributed by atoms with E-state index < -0.39 is 5.54 Å². The van der Waals surface area contributed by atoms with E-state index in [0.29, 0.717) is 29.4 Å². The predicted molar refractivity (Wildman–Crippen MR) is 96.6 cm³/mol. The first-order chi connectivity index (χ1) is 10.8. The molecular weight excluding hydrogens is 330 g/mol. The van der Waals surface area contributed by atoms with Crippen LogP contribution in [0.3, 0.4) is 0 Å². The fourth-order valence-corrected chi connectivity index (χ4v) is 2.94. The summed E-state index contributed by atoms with van der Waals surface area (Å²) in [7, 11) is 0. The molecule has 0 fully saturated rings. The molecule has 1 amide bonds. The number of carbonyl (C=O) groups excluding carboxylic acids is 1. The normalized spacial score (nSPS) is 13.6. The van der Waals surface area contributed by atoms with Gasteiger partial charge in [-0.25, -0.2) is 9.50 Å². The number of nitrogens with two attached hydrogens (primary N) is 1. The number of aromatic nitrogens is 3. The van der Waals surface area contributed by atoms with Gasteiger partial charge in [0.05, 0.1) is 6.42 Å². The van der Waals surface area contributed by atoms with Gasteiger partial charge < -0.3 is 11.1 Å². The second-order valence-electron chi connectivity index (χ2n) is 6.72. The van der Waals surface area contributed by atoms with Crippen LogP contribution < -0.4 is 16.6 Å². The fourth-order valence-electron chi connectivity index (χ4n) is 2.94. The van der Waals surface area contributed by atoms with E-state index in [4.69, 9.17) is 5.73 Å². The number of hydrogen-bond donors (Lipinski definition) is 3. The van der Waals surface area contributed by atoms with Crippen molar-refractivity contribution in [1.29, 1.82) is 0 Å². The first-order valence-electron chi connectivity index (χ1n) is 7.82. The number of amides is 1. The molecule has 134 valence electrons. The predicted octanol–water partition coefficient (Wildman–Crippen LogP) is 1.18. The largest absolute Gasteiger partial charge is 0.349 e. The van der Waals surface area contributed by atoms with Crippen LogP contribution in [0.2, 0.25) is 0 Å². The maximum Gasteiger partial charge on any atom is 0.276 e. The van der Waals surface area contributed by atoms with E-state index in [0.717, 1.165) is 6.42 Å². The van der Waals surface area contributed by atoms with Gasteiger partial charge in [-0.05, 0) is 26.2 Å². The van der Waals surface area contributed by atoms with Gasteiger partial charge in [-0.3, -0.25) is 14.7 Å². The van der Waals surface area contributed by atoms with Gasteiger partial charge in [0.1, 0.15) is 0 Å². The zero-order valence-corrected chi connectivity index (χ0v) is 15.4. The third-order valence-corrected chi connectivity index (χ3v) is 3.93. The highest BCUT2D eigenvalue weighted by Gasteiger charge is 2.26. The molecule has 0 saturated heterocycles. The highest BCUT2D eigenvalue weighted by Crippen LogP contribution is 2.15. The monoisotopic (exact) mass is 355 g/mol. The van der Waals surface area contributed by atoms with Crippen LogP contribution in [0, 0.1) is 12.8 Å². The van der Waals surface area contributed by atoms with E-state index in [1.165, 1.54) is 4.52 Å². The number of rotatable bonds is 6. The summed E-state index contributed by atoms with van der Waals surface area (Å²) in [6, 6.07) is 1.71. The van der Waals surface area contributed by atoms with Crippen LogP contribution in [0.4, 0.5) is 0 Å². The number of hydrogen-bond acceptors (Lipinski definition) is 4. The molecule has 2 aromatic heterocycles. The van der Waals surface area contributed by atoms with Crippen molar-refractivity contribution in [3.63, 3.8) is 0 Å². The molecule has 0 aromatic carbocycles. The lowest BCUT2D eigenvalue weighted by Gasteiger charge is -2.31. The second-order valence-corrected chi connectivity index (χ2v) is 6.72. The topological polar surface area (TPSA) is 105 Å². The van der Waals surface area contributed by atoms with Crippen molar-refractivity contribution in [3.8, 4) is 0 Å². The van der Waals surface area contributed by atoms with Gasteiger partial charge in [-0.15, -0.1) is 12.4 Å². The van der Waals surface area contributed by atoms with Crippen molar-refractivity contribution < 1.29 is 4.79 Å². The van der Waals surface area contributed by atoms with Gasteiger partial charge >= 0.3 is 0 Å². The first kappa shape index (κ1) is 20.2. The van der Waals surface area contributed by atoms with E-state index in [9.17, 15) is 9.59 Å². The van der Waals surface area contributed by atoms with Gasteiger partial charge in [0.2, 0.25) is 5.91 Å². The molecule has 24 heavy (non-hydrogen) atoms. The molecule has 0 aliphatic rings. The Morgan fingerprint density at radius 2 is 2.17 bits per heavy atom. The molecule has 0 bridgehead atoms. The van der Waals surface area contributed by atoms with Gasteiger partial charge in [0.25, 0.3) is 5.56 Å². The van der Waals surface area contributed by atoms with Gasteiger partial charge in [-0.1, -0.05) is 13.8 Å². The minimum Gasteiger partial charge on any atom is -0.349 e. The Hall–Kier alpha value is -1.86. The lowest BCUT2D eigenvalue weighted by atomic mass is 9.90. The highest BCUT2D eigenvalue weighted by atomic mass is 35.5. The number of aromatic amines is 1. The van der Waals surface area contributed by atoms with Crippen LogP contribution >= 0.6 is 12.4 Å². The molecule has 7 nitrogen and oxygen atoms in total. The van der Waals surface area contributed by atoms with Crippen molar-refractivity contribution in [2.75, 3.05) is 6.54 Å². The number of carbonyl (C=O) groups is 1. The van der Waals surface area contributed by atoms with E-state index in [1.54, 1.807) is 19.2 Å². The Bertz CT molecular complexity index is 767. The molecule has 0 spiro atoms. The summed E-state index contributed by atoms with van der Waals surface area (Å²) in [6.07, 6.45) is 2.41. The van der Waals surface area contributed by atoms with Crippen molar-refractivity contribution in [2.24, 2.45) is 11.7 Å². The third kappa shape index (κ3) is 4.36. The summed E-state index contributed by atoms with van der Waals surface area (Å²) >= 11 is 0. The van der Waals surface area contributed by atoms with Crippen molar-refractivity contribution in [3.05, 3.63) is 33.9 Å². The van der Waals surface area contributed by atoms with Crippen LogP contribution in [-0.2, 0) is 11.2 Å². The number of nitrogens with zero attached hydrogens (tertiary/aromatic N) is 2. The molecule has 8 heteroatoms. The molecule has 0 aliphatic heterocycles. The minimum absolute atomic E-state index is 0. The van der Waals surface area contributed by atoms with Crippen LogP contribution in [0.5, 0.6) is 0 Å². The Labute approximate surface area is 147 Å². The summed E-state index contributed by atoms with van der Waals surface area (Å²) in [6.45, 7) is 8.19. The molecule has 0 radical (unpaired) electrons. The zero-order chi connectivity index (χ0) is 17.2. The molecule has 1 atom stereocenters. The first-order valence-corrected chi connectivity index (χ1v) is 7.82. The Kier molecular flexibility index (Phi) is 6.57. The van der Waals surface area contributed by atoms with Crippen molar-refractivity contribution in [1.82, 2.24) is 19.9 Å². The summed E-state index contributed by atoms with van der Waals surface area (Å²) < 4.78 is 1.34. The summed E-state index contributed by atoms with van der Waals surface area (Å²) in [4.78, 5) is 29.2. The molecule has 1 unspecified atom stereocenters. The number of halogens is 1. The van der Waals surface area contributed by atoms with Crippen LogP contribution in [-0.4, -0.2) is 32.6 Å². The van der Waals surface area contributed by atoms with E-state index >= 15 is 0 Å². The van der Waals surface area contributed by atoms with Crippen molar-refractivity contribution >= 4 is 24.0 Å². The fraction of sp³-hybridized carbons (Fsp3) is 0.562. The molecule has 0 saturated carbocycles. The molecule has 2 heterocycles. The molecular formula is C16H26ClN5O2. The molecule has 4 N–H and O–H groups in total. The minimum atomic E-state index is -0.473. The zero-order valence-electron chi connectivity index (χ0n) is 14.5. The van der Waals surface area contributed by atoms with Gasteiger partial charge in [0, 0.05) is 35.6 Å². The Morgan fingerprint density at radius 3 is 2.75 bits per heavy atom. The maximum atomic E-state index is 12.4. The van der Waals surface area contributed by atoms with Crippen LogP contribution in [0.1, 0.15) is 38.4 Å². The Morgan fingerprint density at radius 1 is 1.50 bits per heavy atom. The molecule has 0 aliphatic carbocycles. The van der Waals surface area contributed by atoms with Gasteiger partial charge in [-0.2, -0.15) is 0 Å². The number of nitrogens with one attached hydrogen (secondary N) is 2. The maximum absolute atomic E-state index is 12.4. The summed E-state index contributed by atoms with van der Waals surface area (Å²) in [5.74, 6) is 0.195. The number of aryl methyl sites for hydroxylation is 1. The SMILES string of the molecule is Cc1nc2cc[nH]n2c(=O)c1CC(=O)NC(C)(CN)CC(C)C.Cl. The number of fused-ring (bicyclic) bond motifs is 1. The summed E-state index contributed by atoms with van der Waals surface area (Å²) in [5, 5.41) is 5.77. The smallest absolute Gasteiger partial charge is 0.276 e. The van der Waals surface area contributed by atoms with E-state index in [1.807, 2.05) is 6.92 Å². The molecule has 2 aromatic rings. The van der Waals surface area contributed by atoms with E-state index in [2.05, 4.69) is 29.2 Å². The Balaban J connectivity index is 0.00000288. The highest BCUT2D eigenvalue weighted by molar-refractivity contribution is 5.85. The third-order valence-electron chi connectivity index (χ3n) is 3.93. The summed E-state index contributed by atoms with van der Waals surface area (Å²) in [5.41, 5.74) is 6.61.